The predicted molar refractivity (Wildman–Crippen MR) is 70.1 cm³/mol. The van der Waals surface area contributed by atoms with Gasteiger partial charge in [-0.15, -0.1) is 0 Å². The van der Waals surface area contributed by atoms with Crippen molar-refractivity contribution in [2.75, 3.05) is 5.73 Å². The van der Waals surface area contributed by atoms with E-state index in [0.29, 0.717) is 5.82 Å². The Balaban J connectivity index is 2.48. The van der Waals surface area contributed by atoms with Gasteiger partial charge >= 0.3 is 0 Å². The van der Waals surface area contributed by atoms with Crippen LogP contribution in [0.15, 0.2) is 22.7 Å². The molecule has 0 saturated heterocycles. The SMILES string of the molecule is CCCc1c(N)noc1-c1ccc(C)c(Cl)c1. The third-order valence-corrected chi connectivity index (χ3v) is 3.16. The average molecular weight is 251 g/mol. The first-order valence-corrected chi connectivity index (χ1v) is 6.01. The number of hydrogen-bond acceptors (Lipinski definition) is 3. The van der Waals surface area contributed by atoms with E-state index in [1.54, 1.807) is 0 Å². The molecule has 1 heterocycles. The third kappa shape index (κ3) is 2.29. The summed E-state index contributed by atoms with van der Waals surface area (Å²) in [5, 5.41) is 4.55. The van der Waals surface area contributed by atoms with Crippen LogP contribution >= 0.6 is 11.6 Å². The van der Waals surface area contributed by atoms with Gasteiger partial charge in [-0.2, -0.15) is 0 Å². The summed E-state index contributed by atoms with van der Waals surface area (Å²) in [5.74, 6) is 1.20. The van der Waals surface area contributed by atoms with E-state index in [2.05, 4.69) is 12.1 Å². The van der Waals surface area contributed by atoms with Gasteiger partial charge in [0, 0.05) is 16.1 Å². The largest absolute Gasteiger partial charge is 0.381 e. The van der Waals surface area contributed by atoms with Crippen molar-refractivity contribution in [1.29, 1.82) is 0 Å². The minimum atomic E-state index is 0.471. The van der Waals surface area contributed by atoms with E-state index in [9.17, 15) is 0 Å². The number of halogens is 1. The van der Waals surface area contributed by atoms with Crippen molar-refractivity contribution >= 4 is 17.4 Å². The molecule has 3 nitrogen and oxygen atoms in total. The molecule has 2 rings (SSSR count). The number of nitrogens with zero attached hydrogens (tertiary/aromatic N) is 1. The minimum Gasteiger partial charge on any atom is -0.381 e. The minimum absolute atomic E-state index is 0.471. The molecule has 90 valence electrons. The molecule has 2 N–H and O–H groups in total. The topological polar surface area (TPSA) is 52.0 Å². The normalized spacial score (nSPS) is 10.8. The summed E-state index contributed by atoms with van der Waals surface area (Å²) in [4.78, 5) is 0. The van der Waals surface area contributed by atoms with Crippen LogP contribution in [-0.4, -0.2) is 5.16 Å². The Labute approximate surface area is 106 Å². The molecule has 0 amide bonds. The highest BCUT2D eigenvalue weighted by Gasteiger charge is 2.15. The molecule has 0 aliphatic carbocycles. The molecule has 0 spiro atoms. The fourth-order valence-electron chi connectivity index (χ4n) is 1.77. The standard InChI is InChI=1S/C13H15ClN2O/c1-3-4-10-12(17-16-13(10)15)9-6-5-8(2)11(14)7-9/h5-7H,3-4H2,1-2H3,(H2,15,16). The predicted octanol–water partition coefficient (Wildman–Crippen LogP) is 3.84. The lowest BCUT2D eigenvalue weighted by Crippen LogP contribution is -1.92. The summed E-state index contributed by atoms with van der Waals surface area (Å²) >= 11 is 6.11. The number of benzene rings is 1. The maximum Gasteiger partial charge on any atom is 0.172 e. The monoisotopic (exact) mass is 250 g/mol. The molecular weight excluding hydrogens is 236 g/mol. The molecule has 17 heavy (non-hydrogen) atoms. The van der Waals surface area contributed by atoms with E-state index in [1.165, 1.54) is 0 Å². The Morgan fingerprint density at radius 1 is 1.41 bits per heavy atom. The lowest BCUT2D eigenvalue weighted by Gasteiger charge is -2.03. The van der Waals surface area contributed by atoms with Crippen molar-refractivity contribution in [3.8, 4) is 11.3 Å². The van der Waals surface area contributed by atoms with Crippen LogP contribution in [0.1, 0.15) is 24.5 Å². The van der Waals surface area contributed by atoms with E-state index in [0.717, 1.165) is 40.3 Å². The highest BCUT2D eigenvalue weighted by Crippen LogP contribution is 2.31. The average Bonchev–Trinajstić information content (AvgIpc) is 2.66. The number of aryl methyl sites for hydroxylation is 1. The van der Waals surface area contributed by atoms with Crippen molar-refractivity contribution in [3.05, 3.63) is 34.3 Å². The second-order valence-electron chi connectivity index (χ2n) is 4.09. The van der Waals surface area contributed by atoms with Crippen LogP contribution in [0, 0.1) is 6.92 Å². The van der Waals surface area contributed by atoms with Gasteiger partial charge in [-0.1, -0.05) is 42.2 Å². The molecule has 1 aromatic carbocycles. The molecule has 0 aliphatic rings. The zero-order valence-electron chi connectivity index (χ0n) is 9.96. The molecule has 1 aromatic heterocycles. The Morgan fingerprint density at radius 2 is 2.18 bits per heavy atom. The van der Waals surface area contributed by atoms with Gasteiger partial charge in [0.05, 0.1) is 0 Å². The van der Waals surface area contributed by atoms with Crippen LogP contribution < -0.4 is 5.73 Å². The van der Waals surface area contributed by atoms with Crippen LogP contribution in [0.4, 0.5) is 5.82 Å². The molecule has 0 bridgehead atoms. The van der Waals surface area contributed by atoms with Crippen LogP contribution in [0.25, 0.3) is 11.3 Å². The van der Waals surface area contributed by atoms with Crippen molar-refractivity contribution in [2.45, 2.75) is 26.7 Å². The molecule has 0 aliphatic heterocycles. The molecule has 0 unspecified atom stereocenters. The van der Waals surface area contributed by atoms with Gasteiger partial charge in [0.1, 0.15) is 0 Å². The zero-order chi connectivity index (χ0) is 12.4. The Morgan fingerprint density at radius 3 is 2.82 bits per heavy atom. The number of nitrogen functional groups attached to an aromatic ring is 1. The van der Waals surface area contributed by atoms with Crippen molar-refractivity contribution in [1.82, 2.24) is 5.16 Å². The second-order valence-corrected chi connectivity index (χ2v) is 4.50. The first kappa shape index (κ1) is 12.0. The number of anilines is 1. The fraction of sp³-hybridized carbons (Fsp3) is 0.308. The molecule has 0 radical (unpaired) electrons. The number of rotatable bonds is 3. The summed E-state index contributed by atoms with van der Waals surface area (Å²) < 4.78 is 5.30. The van der Waals surface area contributed by atoms with Gasteiger partial charge in [0.25, 0.3) is 0 Å². The molecule has 4 heteroatoms. The van der Waals surface area contributed by atoms with Gasteiger partial charge in [-0.3, -0.25) is 0 Å². The van der Waals surface area contributed by atoms with Crippen LogP contribution in [0.5, 0.6) is 0 Å². The van der Waals surface area contributed by atoms with Gasteiger partial charge in [0.2, 0.25) is 0 Å². The Hall–Kier alpha value is -1.48. The molecule has 0 saturated carbocycles. The summed E-state index contributed by atoms with van der Waals surface area (Å²) in [6.07, 6.45) is 1.86. The smallest absolute Gasteiger partial charge is 0.172 e. The maximum absolute atomic E-state index is 6.11. The molecule has 2 aromatic rings. The summed E-state index contributed by atoms with van der Waals surface area (Å²) in [7, 11) is 0. The van der Waals surface area contributed by atoms with Gasteiger partial charge in [-0.25, -0.2) is 0 Å². The van der Waals surface area contributed by atoms with Crippen molar-refractivity contribution in [3.63, 3.8) is 0 Å². The lowest BCUT2D eigenvalue weighted by molar-refractivity contribution is 0.435. The van der Waals surface area contributed by atoms with Crippen molar-refractivity contribution in [2.24, 2.45) is 0 Å². The second kappa shape index (κ2) is 4.80. The first-order valence-electron chi connectivity index (χ1n) is 5.64. The third-order valence-electron chi connectivity index (χ3n) is 2.75. The van der Waals surface area contributed by atoms with E-state index in [4.69, 9.17) is 21.9 Å². The van der Waals surface area contributed by atoms with Gasteiger partial charge < -0.3 is 10.3 Å². The highest BCUT2D eigenvalue weighted by molar-refractivity contribution is 6.31. The quantitative estimate of drug-likeness (QED) is 0.901. The number of hydrogen-bond donors (Lipinski definition) is 1. The van der Waals surface area contributed by atoms with Gasteiger partial charge in [0.15, 0.2) is 11.6 Å². The van der Waals surface area contributed by atoms with E-state index in [1.807, 2.05) is 25.1 Å². The molecule has 0 fully saturated rings. The summed E-state index contributed by atoms with van der Waals surface area (Å²) in [5.41, 5.74) is 8.73. The molecular formula is C13H15ClN2O. The van der Waals surface area contributed by atoms with Crippen LogP contribution in [0.2, 0.25) is 5.02 Å². The fourth-order valence-corrected chi connectivity index (χ4v) is 1.95. The number of nitrogens with two attached hydrogens (primary N) is 1. The first-order chi connectivity index (χ1) is 8.13. The summed E-state index contributed by atoms with van der Waals surface area (Å²) in [6.45, 7) is 4.06. The van der Waals surface area contributed by atoms with Gasteiger partial charge in [-0.05, 0) is 25.0 Å². The highest BCUT2D eigenvalue weighted by atomic mass is 35.5. The number of aromatic nitrogens is 1. The van der Waals surface area contributed by atoms with Crippen LogP contribution in [-0.2, 0) is 6.42 Å². The Bertz CT molecular complexity index is 534. The molecule has 0 atom stereocenters. The maximum atomic E-state index is 6.11. The Kier molecular flexibility index (Phi) is 3.38. The van der Waals surface area contributed by atoms with E-state index >= 15 is 0 Å². The van der Waals surface area contributed by atoms with Crippen LogP contribution in [0.3, 0.4) is 0 Å². The van der Waals surface area contributed by atoms with E-state index < -0.39 is 0 Å². The van der Waals surface area contributed by atoms with Crippen molar-refractivity contribution < 1.29 is 4.52 Å². The summed E-state index contributed by atoms with van der Waals surface area (Å²) in [6, 6.07) is 5.82. The zero-order valence-corrected chi connectivity index (χ0v) is 10.7. The van der Waals surface area contributed by atoms with E-state index in [-0.39, 0.29) is 0 Å². The lowest BCUT2D eigenvalue weighted by atomic mass is 10.0.